The molecule has 0 aliphatic rings. The molecule has 2 aromatic heterocycles. The molecule has 5 rings (SSSR count). The van der Waals surface area contributed by atoms with Crippen molar-refractivity contribution in [3.05, 3.63) is 96.8 Å². The zero-order valence-corrected chi connectivity index (χ0v) is 24.8. The molecule has 0 saturated carbocycles. The van der Waals surface area contributed by atoms with Gasteiger partial charge in [-0.15, -0.1) is 0 Å². The summed E-state index contributed by atoms with van der Waals surface area (Å²) in [6.45, 7) is 7.55. The first-order chi connectivity index (χ1) is 20.7. The maximum absolute atomic E-state index is 12.1. The molecule has 0 fully saturated rings. The van der Waals surface area contributed by atoms with Crippen LogP contribution in [0.15, 0.2) is 95.7 Å². The SMILES string of the molecule is CC.CCCCCCNC(=O)Nc1ccc(CCNc2ncnc3oc(-c4ccccc4)c(-c4ccccc4)c23)cc1. The third-order valence-corrected chi connectivity index (χ3v) is 6.82. The fourth-order valence-corrected chi connectivity index (χ4v) is 4.75. The Hall–Kier alpha value is -4.65. The number of amides is 2. The van der Waals surface area contributed by atoms with E-state index in [4.69, 9.17) is 4.42 Å². The Morgan fingerprint density at radius 3 is 2.17 bits per heavy atom. The van der Waals surface area contributed by atoms with Crippen molar-refractivity contribution in [2.75, 3.05) is 23.7 Å². The van der Waals surface area contributed by atoms with Crippen LogP contribution in [-0.2, 0) is 6.42 Å². The van der Waals surface area contributed by atoms with Gasteiger partial charge >= 0.3 is 6.03 Å². The molecule has 0 aliphatic heterocycles. The van der Waals surface area contributed by atoms with Crippen molar-refractivity contribution in [1.82, 2.24) is 15.3 Å². The summed E-state index contributed by atoms with van der Waals surface area (Å²) in [6.07, 6.45) is 6.86. The lowest BCUT2D eigenvalue weighted by Gasteiger charge is -2.10. The largest absolute Gasteiger partial charge is 0.437 e. The van der Waals surface area contributed by atoms with Crippen LogP contribution in [0.25, 0.3) is 33.6 Å². The van der Waals surface area contributed by atoms with Crippen molar-refractivity contribution in [2.45, 2.75) is 52.9 Å². The van der Waals surface area contributed by atoms with Crippen molar-refractivity contribution >= 4 is 28.6 Å². The molecule has 7 nitrogen and oxygen atoms in total. The molecular weight excluding hydrogens is 522 g/mol. The van der Waals surface area contributed by atoms with Gasteiger partial charge in [-0.1, -0.05) is 113 Å². The van der Waals surface area contributed by atoms with Gasteiger partial charge in [-0.3, -0.25) is 0 Å². The van der Waals surface area contributed by atoms with Gasteiger partial charge in [0.25, 0.3) is 0 Å². The van der Waals surface area contributed by atoms with E-state index in [0.717, 1.165) is 64.2 Å². The third-order valence-electron chi connectivity index (χ3n) is 6.82. The van der Waals surface area contributed by atoms with Gasteiger partial charge in [-0.25, -0.2) is 14.8 Å². The lowest BCUT2D eigenvalue weighted by atomic mass is 9.99. The molecule has 0 unspecified atom stereocenters. The van der Waals surface area contributed by atoms with E-state index in [9.17, 15) is 4.79 Å². The normalized spacial score (nSPS) is 10.5. The fraction of sp³-hybridized carbons (Fsp3) is 0.286. The summed E-state index contributed by atoms with van der Waals surface area (Å²) in [7, 11) is 0. The van der Waals surface area contributed by atoms with E-state index in [1.54, 1.807) is 0 Å². The minimum atomic E-state index is -0.164. The van der Waals surface area contributed by atoms with E-state index in [2.05, 4.69) is 45.0 Å². The summed E-state index contributed by atoms with van der Waals surface area (Å²) in [5.41, 5.74) is 5.50. The minimum absolute atomic E-state index is 0.164. The van der Waals surface area contributed by atoms with Crippen LogP contribution < -0.4 is 16.0 Å². The van der Waals surface area contributed by atoms with Gasteiger partial charge in [-0.2, -0.15) is 0 Å². The molecule has 218 valence electrons. The molecular formula is C35H41N5O2. The number of benzene rings is 3. The van der Waals surface area contributed by atoms with Gasteiger partial charge in [0.2, 0.25) is 5.71 Å². The van der Waals surface area contributed by atoms with Crippen molar-refractivity contribution < 1.29 is 9.21 Å². The van der Waals surface area contributed by atoms with Crippen molar-refractivity contribution in [2.24, 2.45) is 0 Å². The fourth-order valence-electron chi connectivity index (χ4n) is 4.75. The number of nitrogens with zero attached hydrogens (tertiary/aromatic N) is 2. The van der Waals surface area contributed by atoms with Crippen LogP contribution in [0.4, 0.5) is 16.3 Å². The summed E-state index contributed by atoms with van der Waals surface area (Å²) in [5, 5.41) is 10.2. The van der Waals surface area contributed by atoms with Gasteiger partial charge in [0.1, 0.15) is 17.9 Å². The van der Waals surface area contributed by atoms with E-state index in [0.29, 0.717) is 18.8 Å². The molecule has 3 aromatic carbocycles. The number of rotatable bonds is 12. The van der Waals surface area contributed by atoms with E-state index < -0.39 is 0 Å². The highest BCUT2D eigenvalue weighted by atomic mass is 16.3. The average molecular weight is 564 g/mol. The quantitative estimate of drug-likeness (QED) is 0.132. The van der Waals surface area contributed by atoms with Crippen LogP contribution in [0.5, 0.6) is 0 Å². The number of fused-ring (bicyclic) bond motifs is 1. The highest BCUT2D eigenvalue weighted by Gasteiger charge is 2.21. The number of unbranched alkanes of at least 4 members (excludes halogenated alkanes) is 3. The molecule has 2 amide bonds. The monoisotopic (exact) mass is 563 g/mol. The molecule has 0 saturated heterocycles. The van der Waals surface area contributed by atoms with Crippen LogP contribution in [-0.4, -0.2) is 29.1 Å². The second-order valence-electron chi connectivity index (χ2n) is 9.76. The molecule has 0 aliphatic carbocycles. The molecule has 0 atom stereocenters. The van der Waals surface area contributed by atoms with Gasteiger partial charge in [0.15, 0.2) is 0 Å². The number of hydrogen-bond acceptors (Lipinski definition) is 5. The van der Waals surface area contributed by atoms with E-state index >= 15 is 0 Å². The van der Waals surface area contributed by atoms with Crippen LogP contribution in [0.2, 0.25) is 0 Å². The van der Waals surface area contributed by atoms with E-state index in [-0.39, 0.29) is 6.03 Å². The summed E-state index contributed by atoms with van der Waals surface area (Å²) < 4.78 is 6.30. The standard InChI is InChI=1S/C33H35N5O2.C2H6/c1-2-3-4-11-21-35-33(39)38-27-18-16-24(17-19-27)20-22-34-31-29-28(25-12-7-5-8-13-25)30(26-14-9-6-10-15-26)40-32(29)37-23-36-31;1-2/h5-10,12-19,23H,2-4,11,20-22H2,1H3,(H,34,36,37)(H2,35,38,39);1-2H3. The Morgan fingerprint density at radius 2 is 1.48 bits per heavy atom. The lowest BCUT2D eigenvalue weighted by molar-refractivity contribution is 0.252. The number of anilines is 2. The molecule has 0 bridgehead atoms. The lowest BCUT2D eigenvalue weighted by Crippen LogP contribution is -2.29. The molecule has 0 spiro atoms. The average Bonchev–Trinajstić information content (AvgIpc) is 3.44. The first-order valence-corrected chi connectivity index (χ1v) is 15.0. The number of hydrogen-bond donors (Lipinski definition) is 3. The second kappa shape index (κ2) is 16.0. The number of urea groups is 1. The Labute approximate surface area is 248 Å². The molecule has 2 heterocycles. The molecule has 5 aromatic rings. The third kappa shape index (κ3) is 7.97. The van der Waals surface area contributed by atoms with Gasteiger partial charge in [0, 0.05) is 29.9 Å². The van der Waals surface area contributed by atoms with Crippen LogP contribution >= 0.6 is 0 Å². The number of carbonyl (C=O) groups excluding carboxylic acids is 1. The first kappa shape index (κ1) is 30.3. The number of aromatic nitrogens is 2. The molecule has 7 heteroatoms. The predicted octanol–water partition coefficient (Wildman–Crippen LogP) is 8.94. The minimum Gasteiger partial charge on any atom is -0.437 e. The summed E-state index contributed by atoms with van der Waals surface area (Å²) >= 11 is 0. The zero-order chi connectivity index (χ0) is 29.6. The smallest absolute Gasteiger partial charge is 0.319 e. The van der Waals surface area contributed by atoms with Crippen LogP contribution in [0.1, 0.15) is 52.0 Å². The van der Waals surface area contributed by atoms with Crippen LogP contribution in [0.3, 0.4) is 0 Å². The van der Waals surface area contributed by atoms with Crippen LogP contribution in [0, 0.1) is 0 Å². The summed E-state index contributed by atoms with van der Waals surface area (Å²) in [4.78, 5) is 21.2. The Morgan fingerprint density at radius 1 is 0.786 bits per heavy atom. The number of furan rings is 1. The van der Waals surface area contributed by atoms with Gasteiger partial charge < -0.3 is 20.4 Å². The van der Waals surface area contributed by atoms with E-state index in [1.807, 2.05) is 86.6 Å². The number of carbonyl (C=O) groups is 1. The van der Waals surface area contributed by atoms with Gasteiger partial charge in [-0.05, 0) is 36.1 Å². The number of nitrogens with one attached hydrogen (secondary N) is 3. The van der Waals surface area contributed by atoms with Crippen molar-refractivity contribution in [3.63, 3.8) is 0 Å². The van der Waals surface area contributed by atoms with E-state index in [1.165, 1.54) is 19.2 Å². The highest BCUT2D eigenvalue weighted by Crippen LogP contribution is 2.42. The molecule has 3 N–H and O–H groups in total. The Balaban J connectivity index is 0.00000198. The Kier molecular flexibility index (Phi) is 11.5. The van der Waals surface area contributed by atoms with Crippen molar-refractivity contribution in [1.29, 1.82) is 0 Å². The molecule has 42 heavy (non-hydrogen) atoms. The second-order valence-corrected chi connectivity index (χ2v) is 9.76. The van der Waals surface area contributed by atoms with Crippen molar-refractivity contribution in [3.8, 4) is 22.5 Å². The maximum atomic E-state index is 12.1. The Bertz CT molecular complexity index is 1520. The van der Waals surface area contributed by atoms with Gasteiger partial charge in [0.05, 0.1) is 5.39 Å². The highest BCUT2D eigenvalue weighted by molar-refractivity contribution is 6.05. The predicted molar refractivity (Wildman–Crippen MR) is 174 cm³/mol. The zero-order valence-electron chi connectivity index (χ0n) is 24.8. The maximum Gasteiger partial charge on any atom is 0.319 e. The first-order valence-electron chi connectivity index (χ1n) is 15.0. The topological polar surface area (TPSA) is 92.1 Å². The molecule has 0 radical (unpaired) electrons. The summed E-state index contributed by atoms with van der Waals surface area (Å²) in [5.74, 6) is 1.52. The summed E-state index contributed by atoms with van der Waals surface area (Å²) in [6, 6.07) is 28.1.